The van der Waals surface area contributed by atoms with Crippen molar-refractivity contribution in [2.24, 2.45) is 0 Å². The van der Waals surface area contributed by atoms with Crippen molar-refractivity contribution in [3.05, 3.63) is 29.2 Å². The number of halogens is 3. The highest BCUT2D eigenvalue weighted by atomic mass is 19.4. The van der Waals surface area contributed by atoms with Gasteiger partial charge in [0.1, 0.15) is 5.76 Å². The van der Waals surface area contributed by atoms with Gasteiger partial charge in [0, 0.05) is 12.0 Å². The normalized spacial score (nSPS) is 11.7. The molecule has 1 N–H and O–H groups in total. The van der Waals surface area contributed by atoms with Crippen molar-refractivity contribution < 1.29 is 36.6 Å². The Balaban J connectivity index is 2.27. The number of rotatable bonds is 4. The molecule has 5 nitrogen and oxygen atoms in total. The molecule has 2 heterocycles. The minimum atomic E-state index is -4.66. The maximum Gasteiger partial charge on any atom is 0.422 e. The summed E-state index contributed by atoms with van der Waals surface area (Å²) in [6.45, 7) is 1.55. The van der Waals surface area contributed by atoms with Crippen molar-refractivity contribution in [3.63, 3.8) is 0 Å². The number of aromatic hydroxyl groups is 1. The Labute approximate surface area is 123 Å². The predicted octanol–water partition coefficient (Wildman–Crippen LogP) is 3.84. The second-order valence-corrected chi connectivity index (χ2v) is 4.54. The Bertz CT molecular complexity index is 681. The molecule has 0 bridgehead atoms. The summed E-state index contributed by atoms with van der Waals surface area (Å²) in [5.41, 5.74) is 0.177. The number of carbonyl (C=O) groups is 1. The summed E-state index contributed by atoms with van der Waals surface area (Å²) >= 11 is 0. The molecule has 0 fully saturated rings. The maximum absolute atomic E-state index is 12.0. The van der Waals surface area contributed by atoms with E-state index in [9.17, 15) is 23.1 Å². The van der Waals surface area contributed by atoms with Crippen molar-refractivity contribution in [1.82, 2.24) is 0 Å². The quantitative estimate of drug-likeness (QED) is 0.867. The Morgan fingerprint density at radius 1 is 1.32 bits per heavy atom. The Kier molecular flexibility index (Phi) is 4.20. The highest BCUT2D eigenvalue weighted by Crippen LogP contribution is 2.37. The van der Waals surface area contributed by atoms with E-state index >= 15 is 0 Å². The minimum Gasteiger partial charge on any atom is -0.504 e. The molecule has 2 aromatic heterocycles. The molecule has 0 spiro atoms. The van der Waals surface area contributed by atoms with Crippen molar-refractivity contribution in [1.29, 1.82) is 0 Å². The van der Waals surface area contributed by atoms with Crippen LogP contribution in [0.4, 0.5) is 13.2 Å². The Morgan fingerprint density at radius 3 is 2.55 bits per heavy atom. The number of carbonyl (C=O) groups excluding carboxylic acids is 1. The molecule has 0 unspecified atom stereocenters. The van der Waals surface area contributed by atoms with Gasteiger partial charge in [0.2, 0.25) is 0 Å². The van der Waals surface area contributed by atoms with Crippen LogP contribution in [-0.4, -0.2) is 23.9 Å². The van der Waals surface area contributed by atoms with E-state index in [0.29, 0.717) is 12.2 Å². The van der Waals surface area contributed by atoms with Crippen LogP contribution in [0.25, 0.3) is 11.5 Å². The summed E-state index contributed by atoms with van der Waals surface area (Å²) < 4.78 is 50.7. The van der Waals surface area contributed by atoms with Crippen LogP contribution in [0.2, 0.25) is 0 Å². The van der Waals surface area contributed by atoms with Crippen LogP contribution >= 0.6 is 0 Å². The van der Waals surface area contributed by atoms with E-state index in [-0.39, 0.29) is 17.1 Å². The molecule has 0 aliphatic carbocycles. The van der Waals surface area contributed by atoms with Gasteiger partial charge in [-0.2, -0.15) is 13.2 Å². The number of furan rings is 2. The summed E-state index contributed by atoms with van der Waals surface area (Å²) in [5, 5.41) is 9.83. The van der Waals surface area contributed by atoms with Crippen molar-refractivity contribution >= 4 is 5.97 Å². The zero-order valence-corrected chi connectivity index (χ0v) is 11.8. The van der Waals surface area contributed by atoms with Crippen LogP contribution in [0.15, 0.2) is 21.0 Å². The van der Waals surface area contributed by atoms with Crippen LogP contribution in [-0.2, 0) is 11.2 Å². The zero-order chi connectivity index (χ0) is 16.5. The third-order valence-electron chi connectivity index (χ3n) is 2.90. The van der Waals surface area contributed by atoms with E-state index in [0.717, 1.165) is 0 Å². The van der Waals surface area contributed by atoms with Gasteiger partial charge in [-0.1, -0.05) is 6.92 Å². The average molecular weight is 318 g/mol. The van der Waals surface area contributed by atoms with Crippen molar-refractivity contribution in [2.45, 2.75) is 26.4 Å². The lowest BCUT2D eigenvalue weighted by molar-refractivity contribution is -0.161. The van der Waals surface area contributed by atoms with Crippen molar-refractivity contribution in [3.8, 4) is 17.3 Å². The van der Waals surface area contributed by atoms with Crippen molar-refractivity contribution in [2.75, 3.05) is 6.61 Å². The van der Waals surface area contributed by atoms with Gasteiger partial charge in [-0.3, -0.25) is 0 Å². The molecule has 0 amide bonds. The van der Waals surface area contributed by atoms with Gasteiger partial charge in [-0.25, -0.2) is 4.79 Å². The number of hydrogen-bond acceptors (Lipinski definition) is 5. The first-order chi connectivity index (χ1) is 10.2. The largest absolute Gasteiger partial charge is 0.504 e. The lowest BCUT2D eigenvalue weighted by Crippen LogP contribution is -2.20. The third-order valence-corrected chi connectivity index (χ3v) is 2.90. The third kappa shape index (κ3) is 3.26. The molecule has 0 saturated heterocycles. The SMILES string of the molecule is CCc1ccc(-c2oc(C(=O)OCC(F)(F)F)c(O)c2C)o1. The molecule has 2 rings (SSSR count). The topological polar surface area (TPSA) is 72.8 Å². The molecular formula is C14H13F3O5. The molecular weight excluding hydrogens is 305 g/mol. The first kappa shape index (κ1) is 16.0. The van der Waals surface area contributed by atoms with Gasteiger partial charge >= 0.3 is 12.1 Å². The highest BCUT2D eigenvalue weighted by molar-refractivity contribution is 5.91. The fourth-order valence-corrected chi connectivity index (χ4v) is 1.78. The van der Waals surface area contributed by atoms with Gasteiger partial charge in [-0.05, 0) is 19.1 Å². The van der Waals surface area contributed by atoms with Crippen LogP contribution in [0.3, 0.4) is 0 Å². The highest BCUT2D eigenvalue weighted by Gasteiger charge is 2.32. The first-order valence-corrected chi connectivity index (χ1v) is 6.38. The van der Waals surface area contributed by atoms with Crippen LogP contribution in [0, 0.1) is 6.92 Å². The smallest absolute Gasteiger partial charge is 0.422 e. The molecule has 2 aromatic rings. The van der Waals surface area contributed by atoms with E-state index in [1.54, 1.807) is 12.1 Å². The summed E-state index contributed by atoms with van der Waals surface area (Å²) in [5.74, 6) is -1.67. The van der Waals surface area contributed by atoms with E-state index in [1.165, 1.54) is 6.92 Å². The van der Waals surface area contributed by atoms with E-state index in [4.69, 9.17) is 8.83 Å². The van der Waals surface area contributed by atoms with Crippen LogP contribution in [0.1, 0.15) is 28.8 Å². The van der Waals surface area contributed by atoms with E-state index in [2.05, 4.69) is 4.74 Å². The molecule has 8 heteroatoms. The molecule has 0 aromatic carbocycles. The lowest BCUT2D eigenvalue weighted by atomic mass is 10.2. The van der Waals surface area contributed by atoms with Gasteiger partial charge < -0.3 is 18.7 Å². The number of alkyl halides is 3. The predicted molar refractivity (Wildman–Crippen MR) is 68.5 cm³/mol. The lowest BCUT2D eigenvalue weighted by Gasteiger charge is -2.06. The average Bonchev–Trinajstić information content (AvgIpc) is 3.02. The number of esters is 1. The molecule has 22 heavy (non-hydrogen) atoms. The fraction of sp³-hybridized carbons (Fsp3) is 0.357. The molecule has 0 atom stereocenters. The molecule has 0 aliphatic rings. The summed E-state index contributed by atoms with van der Waals surface area (Å²) in [4.78, 5) is 11.6. The zero-order valence-electron chi connectivity index (χ0n) is 11.8. The Morgan fingerprint density at radius 2 is 2.00 bits per heavy atom. The minimum absolute atomic E-state index is 0.0659. The van der Waals surface area contributed by atoms with Crippen LogP contribution < -0.4 is 0 Å². The standard InChI is InChI=1S/C14H13F3O5/c1-3-8-4-5-9(21-8)11-7(2)10(18)12(22-11)13(19)20-6-14(15,16)17/h4-5,18H,3,6H2,1-2H3. The van der Waals surface area contributed by atoms with Gasteiger partial charge in [-0.15, -0.1) is 0 Å². The van der Waals surface area contributed by atoms with Crippen LogP contribution in [0.5, 0.6) is 5.75 Å². The van der Waals surface area contributed by atoms with Gasteiger partial charge in [0.05, 0.1) is 0 Å². The number of hydrogen-bond donors (Lipinski definition) is 1. The second kappa shape index (κ2) is 5.78. The number of ether oxygens (including phenoxy) is 1. The van der Waals surface area contributed by atoms with Gasteiger partial charge in [0.25, 0.3) is 5.76 Å². The summed E-state index contributed by atoms with van der Waals surface area (Å²) in [6, 6.07) is 3.27. The second-order valence-electron chi connectivity index (χ2n) is 4.54. The fourth-order valence-electron chi connectivity index (χ4n) is 1.78. The molecule has 0 saturated carbocycles. The molecule has 0 radical (unpaired) electrons. The van der Waals surface area contributed by atoms with E-state index in [1.807, 2.05) is 6.92 Å². The van der Waals surface area contributed by atoms with E-state index < -0.39 is 30.3 Å². The Hall–Kier alpha value is -2.38. The first-order valence-electron chi connectivity index (χ1n) is 6.38. The van der Waals surface area contributed by atoms with Gasteiger partial charge in [0.15, 0.2) is 23.9 Å². The maximum atomic E-state index is 12.0. The number of aryl methyl sites for hydroxylation is 1. The molecule has 120 valence electrons. The summed E-state index contributed by atoms with van der Waals surface area (Å²) in [6.07, 6.45) is -4.03. The molecule has 0 aliphatic heterocycles. The summed E-state index contributed by atoms with van der Waals surface area (Å²) in [7, 11) is 0. The monoisotopic (exact) mass is 318 g/mol.